The molecule has 0 bridgehead atoms. The van der Waals surface area contributed by atoms with Gasteiger partial charge in [0.25, 0.3) is 5.82 Å². The van der Waals surface area contributed by atoms with Crippen LogP contribution in [0.4, 0.5) is 5.82 Å². The first kappa shape index (κ1) is 8.81. The Labute approximate surface area is 92.2 Å². The van der Waals surface area contributed by atoms with E-state index in [9.17, 15) is 0 Å². The topological polar surface area (TPSA) is 30.1 Å². The molecular formula is C13H7N3. The molecule has 3 aromatic rings. The van der Waals surface area contributed by atoms with Crippen LogP contribution in [0, 0.1) is 6.57 Å². The van der Waals surface area contributed by atoms with Crippen LogP contribution in [0.5, 0.6) is 0 Å². The Hall–Kier alpha value is -2.47. The highest BCUT2D eigenvalue weighted by molar-refractivity contribution is 6.03. The van der Waals surface area contributed by atoms with E-state index < -0.39 is 0 Å². The van der Waals surface area contributed by atoms with Gasteiger partial charge in [0.1, 0.15) is 5.52 Å². The summed E-state index contributed by atoms with van der Waals surface area (Å²) >= 11 is 0. The predicted octanol–water partition coefficient (Wildman–Crippen LogP) is 3.33. The normalized spacial score (nSPS) is 10.4. The van der Waals surface area contributed by atoms with Gasteiger partial charge in [0.2, 0.25) is 0 Å². The molecule has 16 heavy (non-hydrogen) atoms. The quantitative estimate of drug-likeness (QED) is 0.416. The Morgan fingerprint density at radius 1 is 0.938 bits per heavy atom. The lowest BCUT2D eigenvalue weighted by atomic mass is 10.1. The number of nitrogens with zero attached hydrogens (tertiary/aromatic N) is 3. The number of rotatable bonds is 0. The first-order valence-electron chi connectivity index (χ1n) is 4.90. The van der Waals surface area contributed by atoms with E-state index in [1.54, 1.807) is 12.3 Å². The Bertz CT molecular complexity index is 726. The zero-order valence-electron chi connectivity index (χ0n) is 8.38. The molecule has 0 saturated carbocycles. The van der Waals surface area contributed by atoms with Crippen molar-refractivity contribution in [2.75, 3.05) is 0 Å². The summed E-state index contributed by atoms with van der Waals surface area (Å²) in [6.45, 7) is 6.97. The molecule has 3 rings (SSSR count). The molecule has 0 atom stereocenters. The first-order chi connectivity index (χ1) is 7.88. The molecule has 3 nitrogen and oxygen atoms in total. The second-order valence-electron chi connectivity index (χ2n) is 3.49. The minimum atomic E-state index is 0.408. The van der Waals surface area contributed by atoms with Crippen LogP contribution >= 0.6 is 0 Å². The van der Waals surface area contributed by atoms with Crippen LogP contribution < -0.4 is 0 Å². The molecule has 2 heterocycles. The predicted molar refractivity (Wildman–Crippen MR) is 63.3 cm³/mol. The average Bonchev–Trinajstić information content (AvgIpc) is 2.38. The van der Waals surface area contributed by atoms with Crippen molar-refractivity contribution in [3.8, 4) is 0 Å². The van der Waals surface area contributed by atoms with E-state index >= 15 is 0 Å². The Kier molecular flexibility index (Phi) is 1.81. The van der Waals surface area contributed by atoms with Gasteiger partial charge in [0.05, 0.1) is 0 Å². The zero-order valence-corrected chi connectivity index (χ0v) is 8.38. The molecule has 0 saturated heterocycles. The van der Waals surface area contributed by atoms with E-state index in [2.05, 4.69) is 14.8 Å². The van der Waals surface area contributed by atoms with Gasteiger partial charge in [-0.2, -0.15) is 0 Å². The summed E-state index contributed by atoms with van der Waals surface area (Å²) in [5.41, 5.74) is 1.65. The molecule has 3 heteroatoms. The van der Waals surface area contributed by atoms with Crippen molar-refractivity contribution in [3.05, 3.63) is 54.0 Å². The van der Waals surface area contributed by atoms with E-state index in [4.69, 9.17) is 6.57 Å². The third-order valence-electron chi connectivity index (χ3n) is 2.53. The van der Waals surface area contributed by atoms with Crippen molar-refractivity contribution < 1.29 is 0 Å². The monoisotopic (exact) mass is 205 g/mol. The van der Waals surface area contributed by atoms with E-state index in [1.807, 2.05) is 30.3 Å². The van der Waals surface area contributed by atoms with Gasteiger partial charge in [0, 0.05) is 17.0 Å². The fourth-order valence-corrected chi connectivity index (χ4v) is 1.78. The molecule has 1 aromatic carbocycles. The molecule has 0 aliphatic heterocycles. The number of benzene rings is 1. The minimum Gasteiger partial charge on any atom is -0.361 e. The maximum absolute atomic E-state index is 6.97. The van der Waals surface area contributed by atoms with Crippen molar-refractivity contribution in [2.45, 2.75) is 0 Å². The Balaban J connectivity index is 2.53. The molecule has 0 radical (unpaired) electrons. The van der Waals surface area contributed by atoms with Crippen molar-refractivity contribution in [2.24, 2.45) is 0 Å². The number of pyridine rings is 2. The van der Waals surface area contributed by atoms with Gasteiger partial charge in [-0.05, 0) is 18.2 Å². The van der Waals surface area contributed by atoms with E-state index in [-0.39, 0.29) is 0 Å². The summed E-state index contributed by atoms with van der Waals surface area (Å²) < 4.78 is 0. The van der Waals surface area contributed by atoms with Crippen molar-refractivity contribution >= 4 is 27.6 Å². The summed E-state index contributed by atoms with van der Waals surface area (Å²) in [6.07, 6.45) is 1.74. The molecule has 0 aliphatic rings. The highest BCUT2D eigenvalue weighted by atomic mass is 14.9. The van der Waals surface area contributed by atoms with Crippen LogP contribution in [0.15, 0.2) is 42.6 Å². The van der Waals surface area contributed by atoms with E-state index in [0.29, 0.717) is 5.82 Å². The lowest BCUT2D eigenvalue weighted by Gasteiger charge is -1.99. The van der Waals surface area contributed by atoms with Crippen LogP contribution in [0.1, 0.15) is 0 Å². The molecule has 0 N–H and O–H groups in total. The lowest BCUT2D eigenvalue weighted by molar-refractivity contribution is 1.39. The van der Waals surface area contributed by atoms with Gasteiger partial charge in [-0.15, -0.1) is 4.98 Å². The minimum absolute atomic E-state index is 0.408. The first-order valence-corrected chi connectivity index (χ1v) is 4.90. The average molecular weight is 205 g/mol. The zero-order chi connectivity index (χ0) is 11.0. The fraction of sp³-hybridized carbons (Fsp3) is 0. The second-order valence-corrected chi connectivity index (χ2v) is 3.49. The Morgan fingerprint density at radius 3 is 2.50 bits per heavy atom. The molecule has 74 valence electrons. The van der Waals surface area contributed by atoms with Gasteiger partial charge in [0.15, 0.2) is 5.52 Å². The van der Waals surface area contributed by atoms with Crippen LogP contribution in [0.3, 0.4) is 0 Å². The lowest BCUT2D eigenvalue weighted by Crippen LogP contribution is -1.84. The van der Waals surface area contributed by atoms with Crippen molar-refractivity contribution in [1.82, 2.24) is 9.97 Å². The molecule has 0 amide bonds. The molecule has 0 aliphatic carbocycles. The molecular weight excluding hydrogens is 198 g/mol. The van der Waals surface area contributed by atoms with Crippen molar-refractivity contribution in [1.29, 1.82) is 0 Å². The third kappa shape index (κ3) is 1.21. The molecule has 0 spiro atoms. The fourth-order valence-electron chi connectivity index (χ4n) is 1.78. The van der Waals surface area contributed by atoms with Gasteiger partial charge in [-0.3, -0.25) is 4.98 Å². The van der Waals surface area contributed by atoms with E-state index in [0.717, 1.165) is 21.8 Å². The number of aromatic nitrogens is 2. The van der Waals surface area contributed by atoms with Crippen LogP contribution in [-0.2, 0) is 0 Å². The van der Waals surface area contributed by atoms with Gasteiger partial charge >= 0.3 is 0 Å². The standard InChI is InChI=1S/C13H7N3/c1-14-11-7-6-10-5-4-9-3-2-8-15-12(9)13(10)16-11/h2-8H. The van der Waals surface area contributed by atoms with Gasteiger partial charge < -0.3 is 4.85 Å². The molecule has 0 fully saturated rings. The summed E-state index contributed by atoms with van der Waals surface area (Å²) in [7, 11) is 0. The van der Waals surface area contributed by atoms with Crippen LogP contribution in [0.25, 0.3) is 26.7 Å². The number of hydrogen-bond donors (Lipinski definition) is 0. The maximum Gasteiger partial charge on any atom is 0.270 e. The highest BCUT2D eigenvalue weighted by Crippen LogP contribution is 2.23. The summed E-state index contributed by atoms with van der Waals surface area (Å²) in [6, 6.07) is 11.5. The largest absolute Gasteiger partial charge is 0.361 e. The Morgan fingerprint density at radius 2 is 1.69 bits per heavy atom. The number of fused-ring (bicyclic) bond motifs is 3. The SMILES string of the molecule is [C-]#[N+]c1ccc2ccc3cccnc3c2n1. The van der Waals surface area contributed by atoms with E-state index in [1.165, 1.54) is 0 Å². The van der Waals surface area contributed by atoms with Crippen LogP contribution in [-0.4, -0.2) is 9.97 Å². The summed E-state index contributed by atoms with van der Waals surface area (Å²) in [5.74, 6) is 0.408. The smallest absolute Gasteiger partial charge is 0.270 e. The molecule has 2 aromatic heterocycles. The van der Waals surface area contributed by atoms with Crippen LogP contribution in [0.2, 0.25) is 0 Å². The highest BCUT2D eigenvalue weighted by Gasteiger charge is 2.06. The second kappa shape index (κ2) is 3.28. The maximum atomic E-state index is 6.97. The van der Waals surface area contributed by atoms with Gasteiger partial charge in [-0.1, -0.05) is 24.8 Å². The third-order valence-corrected chi connectivity index (χ3v) is 2.53. The van der Waals surface area contributed by atoms with Crippen molar-refractivity contribution in [3.63, 3.8) is 0 Å². The molecule has 0 unspecified atom stereocenters. The van der Waals surface area contributed by atoms with Gasteiger partial charge in [-0.25, -0.2) is 0 Å². The summed E-state index contributed by atoms with van der Waals surface area (Å²) in [5, 5.41) is 2.06. The number of hydrogen-bond acceptors (Lipinski definition) is 2. The summed E-state index contributed by atoms with van der Waals surface area (Å²) in [4.78, 5) is 12.0.